The van der Waals surface area contributed by atoms with Crippen molar-refractivity contribution in [2.24, 2.45) is 5.73 Å². The first kappa shape index (κ1) is 22.3. The summed E-state index contributed by atoms with van der Waals surface area (Å²) >= 11 is 0. The van der Waals surface area contributed by atoms with Crippen molar-refractivity contribution < 1.29 is 14.3 Å². The summed E-state index contributed by atoms with van der Waals surface area (Å²) in [7, 11) is 0. The fourth-order valence-electron chi connectivity index (χ4n) is 3.04. The molecular weight excluding hydrogens is 354 g/mol. The van der Waals surface area contributed by atoms with E-state index >= 15 is 0 Å². The van der Waals surface area contributed by atoms with Crippen LogP contribution in [-0.4, -0.2) is 49.0 Å². The van der Waals surface area contributed by atoms with E-state index in [0.717, 1.165) is 37.1 Å². The quantitative estimate of drug-likeness (QED) is 0.788. The number of rotatable bonds is 6. The molecule has 7 heteroatoms. The molecule has 0 radical (unpaired) electrons. The first-order valence-electron chi connectivity index (χ1n) is 8.95. The van der Waals surface area contributed by atoms with E-state index in [4.69, 9.17) is 10.5 Å². The smallest absolute Gasteiger partial charge is 0.260 e. The molecule has 1 aromatic carbocycles. The van der Waals surface area contributed by atoms with Gasteiger partial charge in [-0.3, -0.25) is 9.59 Å². The molecule has 2 amide bonds. The van der Waals surface area contributed by atoms with Crippen molar-refractivity contribution in [3.8, 4) is 5.75 Å². The summed E-state index contributed by atoms with van der Waals surface area (Å²) in [6, 6.07) is 3.49. The van der Waals surface area contributed by atoms with Gasteiger partial charge in [0, 0.05) is 31.2 Å². The fraction of sp³-hybridized carbons (Fsp3) is 0.579. The van der Waals surface area contributed by atoms with Crippen molar-refractivity contribution in [2.75, 3.05) is 26.2 Å². The molecule has 2 rings (SSSR count). The van der Waals surface area contributed by atoms with Gasteiger partial charge in [0.15, 0.2) is 6.61 Å². The van der Waals surface area contributed by atoms with Crippen LogP contribution in [0.3, 0.4) is 0 Å². The monoisotopic (exact) mass is 383 g/mol. The molecule has 1 atom stereocenters. The average molecular weight is 384 g/mol. The molecule has 1 saturated heterocycles. The maximum Gasteiger partial charge on any atom is 0.260 e. The second-order valence-corrected chi connectivity index (χ2v) is 6.78. The molecule has 1 aliphatic heterocycles. The van der Waals surface area contributed by atoms with Crippen LogP contribution >= 0.6 is 12.4 Å². The number of carbonyl (C=O) groups is 2. The molecule has 6 nitrogen and oxygen atoms in total. The second kappa shape index (κ2) is 10.4. The number of piperidine rings is 1. The maximum absolute atomic E-state index is 12.2. The highest BCUT2D eigenvalue weighted by Crippen LogP contribution is 2.25. The summed E-state index contributed by atoms with van der Waals surface area (Å²) in [6.07, 6.45) is 3.32. The predicted molar refractivity (Wildman–Crippen MR) is 105 cm³/mol. The summed E-state index contributed by atoms with van der Waals surface area (Å²) < 4.78 is 5.78. The molecule has 1 aromatic rings. The number of nitrogens with two attached hydrogens (primary N) is 1. The van der Waals surface area contributed by atoms with Crippen LogP contribution < -0.4 is 15.8 Å². The number of halogens is 1. The Kier molecular flexibility index (Phi) is 8.88. The van der Waals surface area contributed by atoms with E-state index in [9.17, 15) is 9.59 Å². The number of hydrogen-bond acceptors (Lipinski definition) is 4. The minimum absolute atomic E-state index is 0. The second-order valence-electron chi connectivity index (χ2n) is 6.78. The Labute approximate surface area is 161 Å². The topological polar surface area (TPSA) is 84.7 Å². The molecule has 0 unspecified atom stereocenters. The zero-order valence-electron chi connectivity index (χ0n) is 15.8. The highest BCUT2D eigenvalue weighted by Gasteiger charge is 2.18. The van der Waals surface area contributed by atoms with Crippen molar-refractivity contribution in [1.29, 1.82) is 0 Å². The predicted octanol–water partition coefficient (Wildman–Crippen LogP) is 2.19. The van der Waals surface area contributed by atoms with E-state index in [1.165, 1.54) is 6.42 Å². The lowest BCUT2D eigenvalue weighted by Gasteiger charge is -2.27. The Morgan fingerprint density at radius 1 is 1.19 bits per heavy atom. The van der Waals surface area contributed by atoms with E-state index in [2.05, 4.69) is 5.32 Å². The molecule has 0 aromatic heterocycles. The normalized spacial score (nSPS) is 15.0. The number of nitrogens with one attached hydrogen (secondary N) is 1. The Morgan fingerprint density at radius 2 is 1.77 bits per heavy atom. The van der Waals surface area contributed by atoms with Crippen LogP contribution in [0.5, 0.6) is 5.75 Å². The van der Waals surface area contributed by atoms with E-state index in [1.54, 1.807) is 12.1 Å². The highest BCUT2D eigenvalue weighted by molar-refractivity contribution is 5.95. The molecule has 0 aliphatic carbocycles. The molecule has 26 heavy (non-hydrogen) atoms. The fourth-order valence-corrected chi connectivity index (χ4v) is 3.04. The van der Waals surface area contributed by atoms with Crippen molar-refractivity contribution in [3.63, 3.8) is 0 Å². The number of carbonyl (C=O) groups excluding carboxylic acids is 2. The van der Waals surface area contributed by atoms with Gasteiger partial charge in [-0.25, -0.2) is 0 Å². The number of likely N-dealkylation sites (tertiary alicyclic amines) is 1. The first-order valence-corrected chi connectivity index (χ1v) is 8.95. The number of ether oxygens (including phenoxy) is 1. The molecule has 146 valence electrons. The Morgan fingerprint density at radius 3 is 2.31 bits per heavy atom. The van der Waals surface area contributed by atoms with Gasteiger partial charge in [0.05, 0.1) is 0 Å². The summed E-state index contributed by atoms with van der Waals surface area (Å²) in [5, 5.41) is 2.85. The van der Waals surface area contributed by atoms with Crippen molar-refractivity contribution in [1.82, 2.24) is 10.2 Å². The number of hydrogen-bond donors (Lipinski definition) is 2. The average Bonchev–Trinajstić information content (AvgIpc) is 2.61. The third-order valence-electron chi connectivity index (χ3n) is 4.50. The summed E-state index contributed by atoms with van der Waals surface area (Å²) in [6.45, 7) is 7.70. The van der Waals surface area contributed by atoms with Crippen molar-refractivity contribution in [2.45, 2.75) is 46.1 Å². The minimum atomic E-state index is -0.153. The van der Waals surface area contributed by atoms with Crippen LogP contribution in [0.2, 0.25) is 0 Å². The van der Waals surface area contributed by atoms with Gasteiger partial charge in [0.1, 0.15) is 5.75 Å². The number of benzene rings is 1. The number of aryl methyl sites for hydroxylation is 2. The Bertz CT molecular complexity index is 607. The SMILES string of the molecule is Cc1cc(C(=O)N[C@@H](C)CN)cc(C)c1OCC(=O)N1CCCCC1.Cl. The van der Waals surface area contributed by atoms with E-state index < -0.39 is 0 Å². The lowest BCUT2D eigenvalue weighted by Crippen LogP contribution is -2.38. The molecular formula is C19H30ClN3O3. The number of nitrogens with zero attached hydrogens (tertiary/aromatic N) is 1. The van der Waals surface area contributed by atoms with Gasteiger partial charge in [-0.15, -0.1) is 12.4 Å². The Hall–Kier alpha value is -1.79. The Balaban J connectivity index is 0.00000338. The zero-order valence-corrected chi connectivity index (χ0v) is 16.7. The molecule has 1 fully saturated rings. The molecule has 0 bridgehead atoms. The molecule has 1 aliphatic rings. The molecule has 3 N–H and O–H groups in total. The number of amides is 2. The van der Waals surface area contributed by atoms with Gasteiger partial charge in [0.2, 0.25) is 0 Å². The summed E-state index contributed by atoms with van der Waals surface area (Å²) in [4.78, 5) is 26.3. The van der Waals surface area contributed by atoms with Crippen molar-refractivity contribution in [3.05, 3.63) is 28.8 Å². The van der Waals surface area contributed by atoms with Crippen LogP contribution in [0.15, 0.2) is 12.1 Å². The van der Waals surface area contributed by atoms with Crippen LogP contribution in [-0.2, 0) is 4.79 Å². The molecule has 0 saturated carbocycles. The van der Waals surface area contributed by atoms with E-state index in [0.29, 0.717) is 17.9 Å². The van der Waals surface area contributed by atoms with Crippen LogP contribution in [0.1, 0.15) is 47.7 Å². The van der Waals surface area contributed by atoms with Gasteiger partial charge in [-0.05, 0) is 63.3 Å². The molecule has 1 heterocycles. The van der Waals surface area contributed by atoms with Crippen molar-refractivity contribution >= 4 is 24.2 Å². The largest absolute Gasteiger partial charge is 0.483 e. The summed E-state index contributed by atoms with van der Waals surface area (Å²) in [5.74, 6) is 0.547. The maximum atomic E-state index is 12.2. The molecule has 0 spiro atoms. The highest BCUT2D eigenvalue weighted by atomic mass is 35.5. The van der Waals surface area contributed by atoms with Gasteiger partial charge in [-0.2, -0.15) is 0 Å². The lowest BCUT2D eigenvalue weighted by atomic mass is 10.0. The van der Waals surface area contributed by atoms with E-state index in [1.807, 2.05) is 25.7 Å². The van der Waals surface area contributed by atoms with Gasteiger partial charge >= 0.3 is 0 Å². The lowest BCUT2D eigenvalue weighted by molar-refractivity contribution is -0.134. The summed E-state index contributed by atoms with van der Waals surface area (Å²) in [5.41, 5.74) is 7.80. The minimum Gasteiger partial charge on any atom is -0.483 e. The van der Waals surface area contributed by atoms with Gasteiger partial charge in [0.25, 0.3) is 11.8 Å². The van der Waals surface area contributed by atoms with Gasteiger partial charge < -0.3 is 20.7 Å². The van der Waals surface area contributed by atoms with Crippen LogP contribution in [0, 0.1) is 13.8 Å². The third kappa shape index (κ3) is 5.88. The van der Waals surface area contributed by atoms with Crippen LogP contribution in [0.25, 0.3) is 0 Å². The third-order valence-corrected chi connectivity index (χ3v) is 4.50. The standard InChI is InChI=1S/C19H29N3O3.ClH/c1-13-9-16(19(24)21-15(3)11-20)10-14(2)18(13)25-12-17(23)22-7-5-4-6-8-22;/h9-10,15H,4-8,11-12,20H2,1-3H3,(H,21,24);1H/t15-;/m0./s1. The van der Waals surface area contributed by atoms with Gasteiger partial charge in [-0.1, -0.05) is 0 Å². The zero-order chi connectivity index (χ0) is 18.4. The van der Waals surface area contributed by atoms with E-state index in [-0.39, 0.29) is 36.9 Å². The first-order chi connectivity index (χ1) is 11.9. The van der Waals surface area contributed by atoms with Crippen LogP contribution in [0.4, 0.5) is 0 Å².